The number of hydrogen-bond donors (Lipinski definition) is 3. The predicted molar refractivity (Wildman–Crippen MR) is 75.2 cm³/mol. The van der Waals surface area contributed by atoms with E-state index in [1.807, 2.05) is 0 Å². The second kappa shape index (κ2) is 8.51. The van der Waals surface area contributed by atoms with E-state index in [-0.39, 0.29) is 18.9 Å². The maximum Gasteiger partial charge on any atom is 0.303 e. The average molecular weight is 272 g/mol. The van der Waals surface area contributed by atoms with Gasteiger partial charge in [0.1, 0.15) is 0 Å². The molecule has 1 aliphatic heterocycles. The molecule has 1 aliphatic rings. The van der Waals surface area contributed by atoms with Gasteiger partial charge in [0.15, 0.2) is 0 Å². The molecule has 19 heavy (non-hydrogen) atoms. The van der Waals surface area contributed by atoms with Gasteiger partial charge in [0.25, 0.3) is 0 Å². The van der Waals surface area contributed by atoms with Gasteiger partial charge in [-0.1, -0.05) is 6.92 Å². The second-order valence-corrected chi connectivity index (χ2v) is 5.64. The summed E-state index contributed by atoms with van der Waals surface area (Å²) in [6.45, 7) is 7.24. The Bertz CT molecular complexity index is 273. The van der Waals surface area contributed by atoms with Gasteiger partial charge in [0.2, 0.25) is 0 Å². The van der Waals surface area contributed by atoms with Crippen LogP contribution in [-0.4, -0.2) is 59.4 Å². The molecule has 112 valence electrons. The average Bonchev–Trinajstić information content (AvgIpc) is 2.37. The third kappa shape index (κ3) is 5.89. The molecule has 0 aromatic carbocycles. The van der Waals surface area contributed by atoms with Crippen LogP contribution in [0, 0.1) is 5.92 Å². The topological polar surface area (TPSA) is 72.8 Å². The Kier molecular flexibility index (Phi) is 7.34. The lowest BCUT2D eigenvalue weighted by molar-refractivity contribution is -0.138. The van der Waals surface area contributed by atoms with Gasteiger partial charge in [0, 0.05) is 38.2 Å². The van der Waals surface area contributed by atoms with Crippen LogP contribution in [0.15, 0.2) is 0 Å². The van der Waals surface area contributed by atoms with Gasteiger partial charge in [-0.2, -0.15) is 0 Å². The summed E-state index contributed by atoms with van der Waals surface area (Å²) in [5, 5.41) is 21.2. The molecule has 1 saturated heterocycles. The van der Waals surface area contributed by atoms with Crippen LogP contribution in [0.4, 0.5) is 0 Å². The van der Waals surface area contributed by atoms with E-state index in [0.717, 1.165) is 38.9 Å². The zero-order valence-electron chi connectivity index (χ0n) is 12.1. The highest BCUT2D eigenvalue weighted by Gasteiger charge is 2.30. The molecule has 3 unspecified atom stereocenters. The fourth-order valence-corrected chi connectivity index (χ4v) is 2.79. The number of nitrogens with one attached hydrogen (secondary N) is 1. The number of piperidine rings is 1. The van der Waals surface area contributed by atoms with E-state index in [4.69, 9.17) is 10.2 Å². The van der Waals surface area contributed by atoms with Crippen LogP contribution in [0.5, 0.6) is 0 Å². The number of carboxylic acid groups (broad SMARTS) is 1. The van der Waals surface area contributed by atoms with Crippen LogP contribution < -0.4 is 5.32 Å². The van der Waals surface area contributed by atoms with Crippen LogP contribution in [0.25, 0.3) is 0 Å². The van der Waals surface area contributed by atoms with Crippen molar-refractivity contribution in [3.8, 4) is 0 Å². The molecule has 0 amide bonds. The maximum absolute atomic E-state index is 10.9. The number of hydrogen-bond acceptors (Lipinski definition) is 4. The summed E-state index contributed by atoms with van der Waals surface area (Å²) in [6, 6.07) is 0.845. The Hall–Kier alpha value is -0.650. The van der Waals surface area contributed by atoms with Crippen molar-refractivity contribution < 1.29 is 15.0 Å². The normalized spacial score (nSPS) is 26.3. The zero-order valence-corrected chi connectivity index (χ0v) is 12.1. The first-order chi connectivity index (χ1) is 9.06. The van der Waals surface area contributed by atoms with Crippen molar-refractivity contribution in [3.63, 3.8) is 0 Å². The lowest BCUT2D eigenvalue weighted by Gasteiger charge is -2.40. The number of rotatable bonds is 8. The number of aliphatic carboxylic acids is 1. The summed E-state index contributed by atoms with van der Waals surface area (Å²) >= 11 is 0. The number of carboxylic acids is 1. The number of nitrogens with zero attached hydrogens (tertiary/aromatic N) is 1. The second-order valence-electron chi connectivity index (χ2n) is 5.64. The fourth-order valence-electron chi connectivity index (χ4n) is 2.79. The summed E-state index contributed by atoms with van der Waals surface area (Å²) in [5.74, 6) is -0.475. The summed E-state index contributed by atoms with van der Waals surface area (Å²) in [7, 11) is 0. The third-order valence-electron chi connectivity index (χ3n) is 4.01. The Labute approximate surface area is 116 Å². The molecule has 0 aliphatic carbocycles. The number of aliphatic hydroxyl groups is 1. The molecular formula is C14H28N2O3. The van der Waals surface area contributed by atoms with Gasteiger partial charge in [-0.05, 0) is 38.6 Å². The smallest absolute Gasteiger partial charge is 0.303 e. The molecule has 0 spiro atoms. The summed E-state index contributed by atoms with van der Waals surface area (Å²) < 4.78 is 0. The van der Waals surface area contributed by atoms with Crippen LogP contribution in [0.1, 0.15) is 39.5 Å². The molecular weight excluding hydrogens is 244 g/mol. The monoisotopic (exact) mass is 272 g/mol. The third-order valence-corrected chi connectivity index (χ3v) is 4.01. The molecule has 0 radical (unpaired) electrons. The minimum atomic E-state index is -0.704. The van der Waals surface area contributed by atoms with Gasteiger partial charge in [-0.3, -0.25) is 9.69 Å². The van der Waals surface area contributed by atoms with E-state index in [1.54, 1.807) is 0 Å². The van der Waals surface area contributed by atoms with Crippen molar-refractivity contribution in [3.05, 3.63) is 0 Å². The molecule has 0 aromatic rings. The first kappa shape index (κ1) is 16.4. The molecule has 5 heteroatoms. The van der Waals surface area contributed by atoms with E-state index in [1.165, 1.54) is 0 Å². The largest absolute Gasteiger partial charge is 0.481 e. The highest BCUT2D eigenvalue weighted by Crippen LogP contribution is 2.22. The summed E-state index contributed by atoms with van der Waals surface area (Å²) in [5.41, 5.74) is 0. The Balaban J connectivity index is 2.53. The lowest BCUT2D eigenvalue weighted by atomic mass is 9.90. The minimum Gasteiger partial charge on any atom is -0.481 e. The molecule has 0 saturated carbocycles. The van der Waals surface area contributed by atoms with Gasteiger partial charge >= 0.3 is 5.97 Å². The van der Waals surface area contributed by atoms with E-state index >= 15 is 0 Å². The molecule has 1 fully saturated rings. The Morgan fingerprint density at radius 3 is 2.79 bits per heavy atom. The standard InChI is InChI=1S/C14H28N2O3/c1-3-11(2)16-9-12(8-14(18)19)7-13(10-16)15-5-4-6-17/h11-13,15,17H,3-10H2,1-2H3,(H,18,19). The molecule has 3 atom stereocenters. The molecule has 0 aromatic heterocycles. The van der Waals surface area contributed by atoms with Gasteiger partial charge in [-0.15, -0.1) is 0 Å². The van der Waals surface area contributed by atoms with Gasteiger partial charge in [-0.25, -0.2) is 0 Å². The predicted octanol–water partition coefficient (Wildman–Crippen LogP) is 0.922. The van der Waals surface area contributed by atoms with Crippen molar-refractivity contribution in [2.45, 2.75) is 51.6 Å². The Morgan fingerprint density at radius 2 is 2.21 bits per heavy atom. The first-order valence-electron chi connectivity index (χ1n) is 7.36. The SMILES string of the molecule is CCC(C)N1CC(CC(=O)O)CC(NCCCO)C1. The number of likely N-dealkylation sites (tertiary alicyclic amines) is 1. The van der Waals surface area contributed by atoms with E-state index in [2.05, 4.69) is 24.1 Å². The van der Waals surface area contributed by atoms with Crippen LogP contribution in [-0.2, 0) is 4.79 Å². The van der Waals surface area contributed by atoms with Crippen molar-refractivity contribution in [1.82, 2.24) is 10.2 Å². The lowest BCUT2D eigenvalue weighted by Crippen LogP contribution is -2.52. The molecule has 3 N–H and O–H groups in total. The van der Waals surface area contributed by atoms with Gasteiger partial charge < -0.3 is 15.5 Å². The van der Waals surface area contributed by atoms with Crippen LogP contribution in [0.2, 0.25) is 0 Å². The van der Waals surface area contributed by atoms with Crippen LogP contribution >= 0.6 is 0 Å². The quantitative estimate of drug-likeness (QED) is 0.573. The molecule has 1 heterocycles. The summed E-state index contributed by atoms with van der Waals surface area (Å²) in [4.78, 5) is 13.3. The zero-order chi connectivity index (χ0) is 14.3. The van der Waals surface area contributed by atoms with Crippen LogP contribution in [0.3, 0.4) is 0 Å². The van der Waals surface area contributed by atoms with E-state index < -0.39 is 5.97 Å². The van der Waals surface area contributed by atoms with Gasteiger partial charge in [0.05, 0.1) is 0 Å². The van der Waals surface area contributed by atoms with Crippen molar-refractivity contribution in [2.24, 2.45) is 5.92 Å². The number of aliphatic hydroxyl groups excluding tert-OH is 1. The highest BCUT2D eigenvalue weighted by atomic mass is 16.4. The first-order valence-corrected chi connectivity index (χ1v) is 7.36. The molecule has 5 nitrogen and oxygen atoms in total. The van der Waals surface area contributed by atoms with E-state index in [9.17, 15) is 4.79 Å². The van der Waals surface area contributed by atoms with E-state index in [0.29, 0.717) is 12.1 Å². The maximum atomic E-state index is 10.9. The highest BCUT2D eigenvalue weighted by molar-refractivity contribution is 5.67. The molecule has 0 bridgehead atoms. The summed E-state index contributed by atoms with van der Waals surface area (Å²) in [6.07, 6.45) is 3.02. The van der Waals surface area contributed by atoms with Crippen molar-refractivity contribution in [2.75, 3.05) is 26.2 Å². The Morgan fingerprint density at radius 1 is 1.47 bits per heavy atom. The fraction of sp³-hybridized carbons (Fsp3) is 0.929. The van der Waals surface area contributed by atoms with Crippen molar-refractivity contribution >= 4 is 5.97 Å². The minimum absolute atomic E-state index is 0.202. The molecule has 1 rings (SSSR count). The number of carbonyl (C=O) groups is 1. The van der Waals surface area contributed by atoms with Crippen molar-refractivity contribution in [1.29, 1.82) is 0 Å².